The second-order valence-electron chi connectivity index (χ2n) is 9.85. The number of phenols is 1. The minimum Gasteiger partial charge on any atom is -0.505 e. The van der Waals surface area contributed by atoms with Gasteiger partial charge in [-0.2, -0.15) is 18.3 Å². The van der Waals surface area contributed by atoms with E-state index >= 15 is 0 Å². The van der Waals surface area contributed by atoms with Crippen LogP contribution in [-0.2, 0) is 26.8 Å². The van der Waals surface area contributed by atoms with Gasteiger partial charge in [0, 0.05) is 37.8 Å². The molecule has 0 spiro atoms. The number of nitrogens with one attached hydrogen (secondary N) is 2. The van der Waals surface area contributed by atoms with Gasteiger partial charge in [-0.05, 0) is 49.1 Å². The van der Waals surface area contributed by atoms with E-state index in [2.05, 4.69) is 25.9 Å². The third-order valence-corrected chi connectivity index (χ3v) is 7.06. The molecule has 0 radical (unpaired) electrons. The summed E-state index contributed by atoms with van der Waals surface area (Å²) in [6.07, 6.45) is -0.0757. The van der Waals surface area contributed by atoms with Gasteiger partial charge in [0.2, 0.25) is 0 Å². The molecule has 2 aromatic heterocycles. The third kappa shape index (κ3) is 5.42. The molecule has 1 aliphatic rings. The highest BCUT2D eigenvalue weighted by Crippen LogP contribution is 2.41. The standard InChI is InChI=1S/C27H28F3N7O3/c1-36-14-32-35-25(36)18-13-33-37(2)23(18)16-5-3-6-17(11-16)26(40)34-21-10-15(9-19(24(21)39)27(28,29)30)12-31-20-7-4-8-22(20)38/h3,5-6,9-11,13-14,20,22,31,38-39H,4,7-8,12H2,1-2H3,(H,34,40)/t20?,22-/m0/s1. The lowest BCUT2D eigenvalue weighted by Crippen LogP contribution is -2.35. The molecule has 40 heavy (non-hydrogen) atoms. The van der Waals surface area contributed by atoms with Gasteiger partial charge in [0.15, 0.2) is 11.6 Å². The van der Waals surface area contributed by atoms with Crippen molar-refractivity contribution in [3.8, 4) is 28.4 Å². The maximum absolute atomic E-state index is 13.8. The molecule has 1 fully saturated rings. The van der Waals surface area contributed by atoms with Crippen LogP contribution in [0.25, 0.3) is 22.6 Å². The zero-order chi connectivity index (χ0) is 28.6. The molecule has 2 atom stereocenters. The van der Waals surface area contributed by atoms with Crippen molar-refractivity contribution < 1.29 is 28.2 Å². The van der Waals surface area contributed by atoms with Crippen LogP contribution in [0.5, 0.6) is 5.75 Å². The van der Waals surface area contributed by atoms with Crippen molar-refractivity contribution in [3.05, 3.63) is 65.6 Å². The Hall–Kier alpha value is -4.23. The molecule has 1 aliphatic carbocycles. The number of alkyl halides is 3. The Bertz CT molecular complexity index is 1550. The average molecular weight is 556 g/mol. The second-order valence-corrected chi connectivity index (χ2v) is 9.85. The summed E-state index contributed by atoms with van der Waals surface area (Å²) >= 11 is 0. The van der Waals surface area contributed by atoms with Crippen molar-refractivity contribution in [2.45, 2.75) is 44.1 Å². The van der Waals surface area contributed by atoms with Crippen molar-refractivity contribution >= 4 is 11.6 Å². The van der Waals surface area contributed by atoms with Crippen LogP contribution in [0.4, 0.5) is 18.9 Å². The van der Waals surface area contributed by atoms with Crippen molar-refractivity contribution in [1.82, 2.24) is 29.9 Å². The van der Waals surface area contributed by atoms with Crippen LogP contribution in [0.2, 0.25) is 0 Å². The van der Waals surface area contributed by atoms with Crippen LogP contribution in [-0.4, -0.2) is 52.8 Å². The zero-order valence-corrected chi connectivity index (χ0v) is 21.8. The first kappa shape index (κ1) is 27.3. The molecular weight excluding hydrogens is 527 g/mol. The quantitative estimate of drug-likeness (QED) is 0.255. The average Bonchev–Trinajstić information content (AvgIpc) is 3.63. The van der Waals surface area contributed by atoms with E-state index in [9.17, 15) is 28.2 Å². The monoisotopic (exact) mass is 555 g/mol. The highest BCUT2D eigenvalue weighted by molar-refractivity contribution is 6.06. The number of aromatic hydroxyl groups is 1. The molecule has 0 saturated heterocycles. The number of hydrogen-bond acceptors (Lipinski definition) is 7. The number of aliphatic hydroxyl groups excluding tert-OH is 1. The molecule has 0 bridgehead atoms. The van der Waals surface area contributed by atoms with Gasteiger partial charge in [-0.3, -0.25) is 9.48 Å². The van der Waals surface area contributed by atoms with Gasteiger partial charge in [0.05, 0.1) is 34.8 Å². The number of rotatable bonds is 7. The number of aryl methyl sites for hydroxylation is 2. The van der Waals surface area contributed by atoms with E-state index in [1.165, 1.54) is 12.1 Å². The molecule has 10 nitrogen and oxygen atoms in total. The molecule has 4 N–H and O–H groups in total. The number of carbonyl (C=O) groups excluding carboxylic acids is 1. The third-order valence-electron chi connectivity index (χ3n) is 7.06. The Morgan fingerprint density at radius 2 is 1.98 bits per heavy atom. The van der Waals surface area contributed by atoms with Crippen molar-refractivity contribution in [3.63, 3.8) is 0 Å². The largest absolute Gasteiger partial charge is 0.505 e. The SMILES string of the molecule is Cn1cnnc1-c1cnn(C)c1-c1cccc(C(=O)Nc2cc(CNC3CCC[C@@H]3O)cc(C(F)(F)F)c2O)c1. The number of aromatic nitrogens is 5. The molecule has 1 amide bonds. The topological polar surface area (TPSA) is 130 Å². The van der Waals surface area contributed by atoms with E-state index in [1.54, 1.807) is 54.1 Å². The number of anilines is 1. The number of amides is 1. The lowest BCUT2D eigenvalue weighted by Gasteiger charge is -2.19. The van der Waals surface area contributed by atoms with Crippen molar-refractivity contribution in [1.29, 1.82) is 0 Å². The minimum atomic E-state index is -4.85. The van der Waals surface area contributed by atoms with E-state index in [1.807, 2.05) is 0 Å². The van der Waals surface area contributed by atoms with Gasteiger partial charge in [0.1, 0.15) is 6.33 Å². The Morgan fingerprint density at radius 1 is 1.18 bits per heavy atom. The number of halogens is 3. The van der Waals surface area contributed by atoms with Crippen molar-refractivity contribution in [2.75, 3.05) is 5.32 Å². The number of benzene rings is 2. The first-order valence-electron chi connectivity index (χ1n) is 12.7. The lowest BCUT2D eigenvalue weighted by molar-refractivity contribution is -0.138. The highest BCUT2D eigenvalue weighted by Gasteiger charge is 2.36. The Morgan fingerprint density at radius 3 is 2.65 bits per heavy atom. The van der Waals surface area contributed by atoms with Gasteiger partial charge < -0.3 is 25.4 Å². The van der Waals surface area contributed by atoms with E-state index in [-0.39, 0.29) is 29.4 Å². The fraction of sp³-hybridized carbons (Fsp3) is 0.333. The van der Waals surface area contributed by atoms with Crippen LogP contribution in [0, 0.1) is 0 Å². The van der Waals surface area contributed by atoms with E-state index in [4.69, 9.17) is 0 Å². The van der Waals surface area contributed by atoms with Gasteiger partial charge in [0.25, 0.3) is 5.91 Å². The summed E-state index contributed by atoms with van der Waals surface area (Å²) in [7, 11) is 3.53. The van der Waals surface area contributed by atoms with Crippen LogP contribution in [0.1, 0.15) is 40.7 Å². The minimum absolute atomic E-state index is 0.0226. The number of nitrogens with zero attached hydrogens (tertiary/aromatic N) is 5. The molecular formula is C27H28F3N7O3. The van der Waals surface area contributed by atoms with E-state index in [0.717, 1.165) is 12.5 Å². The molecule has 4 aromatic rings. The Balaban J connectivity index is 1.44. The summed E-state index contributed by atoms with van der Waals surface area (Å²) in [5, 5.41) is 38.3. The number of aliphatic hydroxyl groups is 1. The molecule has 1 unspecified atom stereocenters. The van der Waals surface area contributed by atoms with E-state index < -0.39 is 29.5 Å². The summed E-state index contributed by atoms with van der Waals surface area (Å²) in [6.45, 7) is 0.0226. The number of carbonyl (C=O) groups is 1. The van der Waals surface area contributed by atoms with Crippen LogP contribution >= 0.6 is 0 Å². The van der Waals surface area contributed by atoms with Gasteiger partial charge in [-0.25, -0.2) is 0 Å². The Kier molecular flexibility index (Phi) is 7.34. The normalized spacial score (nSPS) is 17.4. The summed E-state index contributed by atoms with van der Waals surface area (Å²) in [4.78, 5) is 13.2. The fourth-order valence-electron chi connectivity index (χ4n) is 5.01. The smallest absolute Gasteiger partial charge is 0.420 e. The Labute approximate surface area is 227 Å². The molecule has 2 heterocycles. The zero-order valence-electron chi connectivity index (χ0n) is 21.8. The first-order chi connectivity index (χ1) is 19.0. The maximum Gasteiger partial charge on any atom is 0.420 e. The molecule has 13 heteroatoms. The van der Waals surface area contributed by atoms with E-state index in [0.29, 0.717) is 35.5 Å². The second kappa shape index (κ2) is 10.7. The first-order valence-corrected chi connectivity index (χ1v) is 12.7. The molecule has 0 aliphatic heterocycles. The molecule has 210 valence electrons. The summed E-state index contributed by atoms with van der Waals surface area (Å²) < 4.78 is 44.6. The predicted octanol–water partition coefficient (Wildman–Crippen LogP) is 3.86. The van der Waals surface area contributed by atoms with Gasteiger partial charge in [-0.15, -0.1) is 10.2 Å². The molecule has 2 aromatic carbocycles. The maximum atomic E-state index is 13.8. The summed E-state index contributed by atoms with van der Waals surface area (Å²) in [5.74, 6) is -1.21. The van der Waals surface area contributed by atoms with Gasteiger partial charge in [-0.1, -0.05) is 12.1 Å². The van der Waals surface area contributed by atoms with Crippen LogP contribution in [0.15, 0.2) is 48.9 Å². The highest BCUT2D eigenvalue weighted by atomic mass is 19.4. The molecule has 1 saturated carbocycles. The lowest BCUT2D eigenvalue weighted by atomic mass is 10.0. The van der Waals surface area contributed by atoms with Crippen molar-refractivity contribution in [2.24, 2.45) is 14.1 Å². The fourth-order valence-corrected chi connectivity index (χ4v) is 5.01. The summed E-state index contributed by atoms with van der Waals surface area (Å²) in [5.41, 5.74) is 0.708. The summed E-state index contributed by atoms with van der Waals surface area (Å²) in [6, 6.07) is 8.43. The molecule has 5 rings (SSSR count). The predicted molar refractivity (Wildman–Crippen MR) is 140 cm³/mol. The number of phenolic OH excluding ortho intramolecular Hbond substituents is 1. The van der Waals surface area contributed by atoms with Crippen LogP contribution in [0.3, 0.4) is 0 Å². The van der Waals surface area contributed by atoms with Gasteiger partial charge >= 0.3 is 6.18 Å². The van der Waals surface area contributed by atoms with Crippen LogP contribution < -0.4 is 10.6 Å². The number of hydrogen-bond donors (Lipinski definition) is 4.